The number of nitrogens with two attached hydrogens (primary N) is 1. The highest BCUT2D eigenvalue weighted by Crippen LogP contribution is 2.23. The number of nitrogens with zero attached hydrogens (tertiary/aromatic N) is 1. The fourth-order valence-electron chi connectivity index (χ4n) is 1.28. The van der Waals surface area contributed by atoms with E-state index in [0.717, 1.165) is 0 Å². The zero-order valence-electron chi connectivity index (χ0n) is 7.74. The van der Waals surface area contributed by atoms with Crippen LogP contribution in [0, 0.1) is 5.82 Å². The maximum atomic E-state index is 13.1. The molecule has 0 radical (unpaired) electrons. The smallest absolute Gasteiger partial charge is 0.125 e. The lowest BCUT2D eigenvalue weighted by atomic mass is 10.1. The number of nitrogen functional groups attached to an aromatic ring is 1. The first-order chi connectivity index (χ1) is 7.15. The molecule has 2 rings (SSSR count). The first kappa shape index (κ1) is 9.93. The second kappa shape index (κ2) is 3.87. The predicted octanol–water partition coefficient (Wildman–Crippen LogP) is 3.12. The zero-order chi connectivity index (χ0) is 10.8. The van der Waals surface area contributed by atoms with Crippen LogP contribution in [0.1, 0.15) is 0 Å². The molecule has 1 heterocycles. The number of hydrogen-bond donors (Lipinski definition) is 1. The summed E-state index contributed by atoms with van der Waals surface area (Å²) in [6, 6.07) is 7.72. The van der Waals surface area contributed by atoms with Crippen molar-refractivity contribution < 1.29 is 4.39 Å². The van der Waals surface area contributed by atoms with Crippen molar-refractivity contribution >= 4 is 17.3 Å². The van der Waals surface area contributed by atoms with Crippen LogP contribution in [0.2, 0.25) is 5.02 Å². The second-order valence-electron chi connectivity index (χ2n) is 3.13. The van der Waals surface area contributed by atoms with Crippen molar-refractivity contribution in [2.45, 2.75) is 0 Å². The molecule has 0 spiro atoms. The van der Waals surface area contributed by atoms with Crippen molar-refractivity contribution in [2.24, 2.45) is 0 Å². The molecule has 4 heteroatoms. The van der Waals surface area contributed by atoms with Crippen LogP contribution < -0.4 is 5.73 Å². The van der Waals surface area contributed by atoms with Gasteiger partial charge in [0.15, 0.2) is 0 Å². The lowest BCUT2D eigenvalue weighted by Crippen LogP contribution is -1.88. The van der Waals surface area contributed by atoms with Gasteiger partial charge in [-0.2, -0.15) is 0 Å². The number of pyridine rings is 1. The molecule has 0 saturated carbocycles. The van der Waals surface area contributed by atoms with Crippen molar-refractivity contribution in [3.05, 3.63) is 47.4 Å². The average molecular weight is 223 g/mol. The summed E-state index contributed by atoms with van der Waals surface area (Å²) in [5, 5.41) is 0.351. The van der Waals surface area contributed by atoms with Crippen molar-refractivity contribution in [1.29, 1.82) is 0 Å². The Kier molecular flexibility index (Phi) is 2.56. The minimum Gasteiger partial charge on any atom is -0.397 e. The molecular weight excluding hydrogens is 215 g/mol. The molecule has 1 aromatic carbocycles. The summed E-state index contributed by atoms with van der Waals surface area (Å²) in [5.74, 6) is -0.379. The molecule has 0 aliphatic rings. The molecule has 2 nitrogen and oxygen atoms in total. The van der Waals surface area contributed by atoms with Gasteiger partial charge >= 0.3 is 0 Å². The lowest BCUT2D eigenvalue weighted by molar-refractivity contribution is 0.628. The molecule has 76 valence electrons. The largest absolute Gasteiger partial charge is 0.397 e. The number of aromatic nitrogens is 1. The molecule has 0 amide bonds. The van der Waals surface area contributed by atoms with Crippen LogP contribution in [-0.2, 0) is 0 Å². The molecule has 0 atom stereocenters. The minimum atomic E-state index is -0.379. The van der Waals surface area contributed by atoms with E-state index in [4.69, 9.17) is 17.3 Å². The van der Waals surface area contributed by atoms with Gasteiger partial charge in [-0.15, -0.1) is 0 Å². The third-order valence-electron chi connectivity index (χ3n) is 1.94. The van der Waals surface area contributed by atoms with Gasteiger partial charge in [0, 0.05) is 10.6 Å². The van der Waals surface area contributed by atoms with Crippen LogP contribution in [0.15, 0.2) is 36.5 Å². The van der Waals surface area contributed by atoms with Crippen LogP contribution in [-0.4, -0.2) is 4.98 Å². The Labute approximate surface area is 91.5 Å². The maximum Gasteiger partial charge on any atom is 0.125 e. The van der Waals surface area contributed by atoms with Crippen molar-refractivity contribution in [3.63, 3.8) is 0 Å². The summed E-state index contributed by atoms with van der Waals surface area (Å²) in [6.07, 6.45) is 1.52. The van der Waals surface area contributed by atoms with Crippen molar-refractivity contribution in [3.8, 4) is 11.3 Å². The highest BCUT2D eigenvalue weighted by Gasteiger charge is 2.02. The summed E-state index contributed by atoms with van der Waals surface area (Å²) in [6.45, 7) is 0. The maximum absolute atomic E-state index is 13.1. The fourth-order valence-corrected chi connectivity index (χ4v) is 1.50. The Balaban J connectivity index is 2.49. The predicted molar refractivity (Wildman–Crippen MR) is 59.1 cm³/mol. The van der Waals surface area contributed by atoms with E-state index >= 15 is 0 Å². The van der Waals surface area contributed by atoms with E-state index in [1.807, 2.05) is 0 Å². The third-order valence-corrected chi connectivity index (χ3v) is 2.16. The summed E-state index contributed by atoms with van der Waals surface area (Å²) < 4.78 is 13.1. The molecule has 0 unspecified atom stereocenters. The molecule has 0 bridgehead atoms. The number of anilines is 1. The Morgan fingerprint density at radius 1 is 1.20 bits per heavy atom. The standard InChI is InChI=1S/C11H8ClFN2/c12-8-3-7(4-9(13)5-8)11-2-1-10(14)6-15-11/h1-6H,14H2. The summed E-state index contributed by atoms with van der Waals surface area (Å²) in [4.78, 5) is 4.08. The van der Waals surface area contributed by atoms with Crippen LogP contribution in [0.4, 0.5) is 10.1 Å². The van der Waals surface area contributed by atoms with E-state index in [9.17, 15) is 4.39 Å². The third kappa shape index (κ3) is 2.25. The fraction of sp³-hybridized carbons (Fsp3) is 0. The van der Waals surface area contributed by atoms with E-state index in [2.05, 4.69) is 4.98 Å². The topological polar surface area (TPSA) is 38.9 Å². The average Bonchev–Trinajstić information content (AvgIpc) is 2.17. The van der Waals surface area contributed by atoms with Crippen LogP contribution >= 0.6 is 11.6 Å². The van der Waals surface area contributed by atoms with Crippen LogP contribution in [0.5, 0.6) is 0 Å². The molecule has 2 aromatic rings. The normalized spacial score (nSPS) is 10.3. The Morgan fingerprint density at radius 2 is 2.00 bits per heavy atom. The zero-order valence-corrected chi connectivity index (χ0v) is 8.50. The van der Waals surface area contributed by atoms with Gasteiger partial charge in [-0.1, -0.05) is 11.6 Å². The van der Waals surface area contributed by atoms with Gasteiger partial charge in [-0.25, -0.2) is 4.39 Å². The van der Waals surface area contributed by atoms with E-state index in [1.165, 1.54) is 18.3 Å². The van der Waals surface area contributed by atoms with Crippen LogP contribution in [0.25, 0.3) is 11.3 Å². The SMILES string of the molecule is Nc1ccc(-c2cc(F)cc(Cl)c2)nc1. The van der Waals surface area contributed by atoms with Crippen molar-refractivity contribution in [2.75, 3.05) is 5.73 Å². The quantitative estimate of drug-likeness (QED) is 0.805. The first-order valence-electron chi connectivity index (χ1n) is 4.33. The van der Waals surface area contributed by atoms with Crippen LogP contribution in [0.3, 0.4) is 0 Å². The van der Waals surface area contributed by atoms with E-state index < -0.39 is 0 Å². The highest BCUT2D eigenvalue weighted by atomic mass is 35.5. The molecule has 1 aromatic heterocycles. The van der Waals surface area contributed by atoms with Gasteiger partial charge in [0.1, 0.15) is 5.82 Å². The molecule has 2 N–H and O–H groups in total. The first-order valence-corrected chi connectivity index (χ1v) is 4.71. The number of rotatable bonds is 1. The second-order valence-corrected chi connectivity index (χ2v) is 3.57. The van der Waals surface area contributed by atoms with Gasteiger partial charge in [0.25, 0.3) is 0 Å². The van der Waals surface area contributed by atoms with Crippen molar-refractivity contribution in [1.82, 2.24) is 4.98 Å². The molecule has 0 fully saturated rings. The number of benzene rings is 1. The highest BCUT2D eigenvalue weighted by molar-refractivity contribution is 6.30. The summed E-state index contributed by atoms with van der Waals surface area (Å²) in [7, 11) is 0. The van der Waals surface area contributed by atoms with Gasteiger partial charge in [-0.05, 0) is 30.3 Å². The Hall–Kier alpha value is -1.61. The Bertz CT molecular complexity index is 462. The lowest BCUT2D eigenvalue weighted by Gasteiger charge is -2.02. The molecule has 0 aliphatic carbocycles. The summed E-state index contributed by atoms with van der Waals surface area (Å²) in [5.41, 5.74) is 7.36. The molecule has 15 heavy (non-hydrogen) atoms. The summed E-state index contributed by atoms with van der Waals surface area (Å²) >= 11 is 5.74. The molecule has 0 saturated heterocycles. The number of halogens is 2. The van der Waals surface area contributed by atoms with E-state index in [1.54, 1.807) is 18.2 Å². The number of hydrogen-bond acceptors (Lipinski definition) is 2. The minimum absolute atomic E-state index is 0.351. The van der Waals surface area contributed by atoms with Gasteiger partial charge in [0.05, 0.1) is 17.6 Å². The van der Waals surface area contributed by atoms with Gasteiger partial charge in [-0.3, -0.25) is 4.98 Å². The van der Waals surface area contributed by atoms with Gasteiger partial charge < -0.3 is 5.73 Å². The molecule has 0 aliphatic heterocycles. The van der Waals surface area contributed by atoms with E-state index in [-0.39, 0.29) is 5.82 Å². The molecular formula is C11H8ClFN2. The van der Waals surface area contributed by atoms with Gasteiger partial charge in [0.2, 0.25) is 0 Å². The monoisotopic (exact) mass is 222 g/mol. The van der Waals surface area contributed by atoms with E-state index in [0.29, 0.717) is 22.0 Å². The Morgan fingerprint density at radius 3 is 2.60 bits per heavy atom.